The van der Waals surface area contributed by atoms with Crippen molar-refractivity contribution >= 4 is 46.2 Å². The molecule has 0 spiro atoms. The third kappa shape index (κ3) is 7.25. The molecular weight excluding hydrogens is 779 g/mol. The summed E-state index contributed by atoms with van der Waals surface area (Å²) in [6, 6.07) is 13.2. The first-order valence-electron chi connectivity index (χ1n) is 21.2. The Hall–Kier alpha value is -5.96. The van der Waals surface area contributed by atoms with Crippen LogP contribution in [-0.2, 0) is 36.8 Å². The smallest absolute Gasteiger partial charge is 0.407 e. The number of likely N-dealkylation sites (tertiary alicyclic amines) is 1. The summed E-state index contributed by atoms with van der Waals surface area (Å²) in [5.41, 5.74) is 7.93. The molecule has 5 aliphatic rings. The Balaban J connectivity index is 0.941. The minimum atomic E-state index is -0.732. The summed E-state index contributed by atoms with van der Waals surface area (Å²) in [6.45, 7) is 7.26. The Morgan fingerprint density at radius 3 is 2.57 bits per heavy atom. The first-order valence-corrected chi connectivity index (χ1v) is 21.2. The van der Waals surface area contributed by atoms with Gasteiger partial charge in [0.25, 0.3) is 0 Å². The molecule has 0 bridgehead atoms. The van der Waals surface area contributed by atoms with Gasteiger partial charge in [-0.15, -0.1) is 0 Å². The third-order valence-corrected chi connectivity index (χ3v) is 13.4. The highest BCUT2D eigenvalue weighted by atomic mass is 16.5. The SMILES string of the molecule is COC[C@H]1C[C@@H](C2=Nc3ccc4cc5c(cc4c3C2)OCc2cc(-c3cnc([C@@H]4CC[C@@H]6CC(C)[C@H](NC(=O)OC)C(=O)N64)[nH]3)ccc2-5)N(C(=O)[C@@H](NC(=O)OC)C(C)C)C1. The topological polar surface area (TPSA) is 177 Å². The van der Waals surface area contributed by atoms with Crippen LogP contribution in [0.1, 0.15) is 69.4 Å². The largest absolute Gasteiger partial charge is 0.488 e. The maximum atomic E-state index is 14.1. The van der Waals surface area contributed by atoms with E-state index in [1.807, 2.05) is 36.8 Å². The molecule has 3 saturated heterocycles. The van der Waals surface area contributed by atoms with Crippen molar-refractivity contribution in [1.82, 2.24) is 30.4 Å². The quantitative estimate of drug-likeness (QED) is 0.171. The van der Waals surface area contributed by atoms with Crippen molar-refractivity contribution in [2.75, 3.05) is 34.5 Å². The predicted molar refractivity (Wildman–Crippen MR) is 227 cm³/mol. The standard InChI is InChI=1S/C46H53N7O8/c1-23(2)40(50-45(56)59-5)43(54)52-20-25(21-58-4)14-38(52)35-17-32-31-18-39-33(16-26(31)8-11-34(32)48-35)30-10-7-27(15-28(30)22-61-39)36-19-47-42(49-36)37-12-9-29-13-24(3)41(44(55)53(29)37)51-46(57)60-6/h7-8,10-11,15-16,18-19,23-25,29,37-38,40-41H,9,12-14,17,20-22H2,1-6H3,(H,47,49)(H,50,56)(H,51,57)/t24?,25-,29+,37-,38-,40-,41-/m0/s1. The van der Waals surface area contributed by atoms with Gasteiger partial charge in [0.05, 0.1) is 50.5 Å². The van der Waals surface area contributed by atoms with Gasteiger partial charge >= 0.3 is 12.2 Å². The Bertz CT molecular complexity index is 2450. The highest BCUT2D eigenvalue weighted by Gasteiger charge is 2.48. The maximum absolute atomic E-state index is 14.1. The van der Waals surface area contributed by atoms with Crippen LogP contribution in [-0.4, -0.2) is 108 Å². The second-order valence-corrected chi connectivity index (χ2v) is 17.5. The first-order chi connectivity index (χ1) is 29.5. The number of nitrogens with zero attached hydrogens (tertiary/aromatic N) is 4. The number of piperidine rings is 1. The molecule has 61 heavy (non-hydrogen) atoms. The zero-order chi connectivity index (χ0) is 42.7. The van der Waals surface area contributed by atoms with Gasteiger partial charge in [-0.25, -0.2) is 14.6 Å². The van der Waals surface area contributed by atoms with Crippen LogP contribution in [0.3, 0.4) is 0 Å². The van der Waals surface area contributed by atoms with Crippen LogP contribution in [0.15, 0.2) is 53.7 Å². The zero-order valence-corrected chi connectivity index (χ0v) is 35.4. The van der Waals surface area contributed by atoms with Crippen LogP contribution in [0.5, 0.6) is 5.75 Å². The van der Waals surface area contributed by atoms with Crippen LogP contribution in [0.2, 0.25) is 0 Å². The zero-order valence-electron chi connectivity index (χ0n) is 35.4. The Morgan fingerprint density at radius 1 is 0.984 bits per heavy atom. The molecule has 15 heteroatoms. The lowest BCUT2D eigenvalue weighted by Crippen LogP contribution is -2.58. The van der Waals surface area contributed by atoms with Gasteiger partial charge in [-0.3, -0.25) is 14.6 Å². The normalized spacial score (nSPS) is 24.4. The second-order valence-electron chi connectivity index (χ2n) is 17.5. The van der Waals surface area contributed by atoms with E-state index >= 15 is 0 Å². The summed E-state index contributed by atoms with van der Waals surface area (Å²) in [5.74, 6) is 1.30. The lowest BCUT2D eigenvalue weighted by Gasteiger charge is -2.41. The lowest BCUT2D eigenvalue weighted by atomic mass is 9.88. The number of rotatable bonds is 9. The number of H-pyrrole nitrogens is 1. The van der Waals surface area contributed by atoms with E-state index < -0.39 is 24.3 Å². The van der Waals surface area contributed by atoms with Gasteiger partial charge in [-0.1, -0.05) is 39.0 Å². The number of hydrogen-bond donors (Lipinski definition) is 3. The fourth-order valence-corrected chi connectivity index (χ4v) is 10.3. The van der Waals surface area contributed by atoms with Gasteiger partial charge in [0, 0.05) is 43.3 Å². The predicted octanol–water partition coefficient (Wildman–Crippen LogP) is 6.46. The van der Waals surface area contributed by atoms with E-state index in [9.17, 15) is 19.2 Å². The molecule has 9 rings (SSSR count). The molecule has 0 saturated carbocycles. The van der Waals surface area contributed by atoms with Crippen molar-refractivity contribution < 1.29 is 38.1 Å². The van der Waals surface area contributed by atoms with E-state index in [4.69, 9.17) is 28.9 Å². The number of carbonyl (C=O) groups excluding carboxylic acids is 4. The van der Waals surface area contributed by atoms with Gasteiger partial charge in [-0.05, 0) is 94.8 Å². The van der Waals surface area contributed by atoms with Crippen molar-refractivity contribution in [3.63, 3.8) is 0 Å². The molecule has 4 aromatic rings. The molecule has 5 aliphatic heterocycles. The molecule has 7 atom stereocenters. The molecular formula is C46H53N7O8. The molecule has 1 aromatic heterocycles. The minimum absolute atomic E-state index is 0.00608. The Labute approximate surface area is 354 Å². The molecule has 6 heterocycles. The third-order valence-electron chi connectivity index (χ3n) is 13.4. The number of imidazole rings is 1. The number of nitrogens with one attached hydrogen (secondary N) is 3. The van der Waals surface area contributed by atoms with Gasteiger partial charge in [-0.2, -0.15) is 0 Å². The number of aromatic nitrogens is 2. The van der Waals surface area contributed by atoms with Gasteiger partial charge in [0.2, 0.25) is 11.8 Å². The summed E-state index contributed by atoms with van der Waals surface area (Å²) in [7, 11) is 4.28. The molecule has 3 N–H and O–H groups in total. The van der Waals surface area contributed by atoms with E-state index in [2.05, 4.69) is 58.1 Å². The average Bonchev–Trinajstić information content (AvgIpc) is 4.09. The van der Waals surface area contributed by atoms with E-state index in [0.717, 1.165) is 92.9 Å². The number of alkyl carbamates (subject to hydrolysis) is 2. The van der Waals surface area contributed by atoms with Gasteiger partial charge in [0.1, 0.15) is 30.3 Å². The summed E-state index contributed by atoms with van der Waals surface area (Å²) in [5, 5.41) is 7.64. The second kappa shape index (κ2) is 16.1. The number of hydrogen-bond acceptors (Lipinski definition) is 10. The van der Waals surface area contributed by atoms with Crippen LogP contribution in [0.25, 0.3) is 33.2 Å². The molecule has 320 valence electrons. The number of aliphatic imine (C=N–C) groups is 1. The minimum Gasteiger partial charge on any atom is -0.488 e. The Kier molecular flexibility index (Phi) is 10.7. The van der Waals surface area contributed by atoms with Crippen LogP contribution < -0.4 is 15.4 Å². The number of ether oxygens (including phenoxy) is 4. The number of fused-ring (bicyclic) bond motifs is 7. The Morgan fingerprint density at radius 2 is 1.80 bits per heavy atom. The van der Waals surface area contributed by atoms with Crippen LogP contribution >= 0.6 is 0 Å². The number of amides is 4. The van der Waals surface area contributed by atoms with Crippen molar-refractivity contribution in [2.45, 2.75) is 89.7 Å². The average molecular weight is 832 g/mol. The lowest BCUT2D eigenvalue weighted by molar-refractivity contribution is -0.142. The molecule has 4 amide bonds. The van der Waals surface area contributed by atoms with E-state index in [-0.39, 0.29) is 47.7 Å². The number of benzene rings is 3. The van der Waals surface area contributed by atoms with Crippen molar-refractivity contribution in [3.8, 4) is 28.1 Å². The molecule has 3 aromatic carbocycles. The maximum Gasteiger partial charge on any atom is 0.407 e. The van der Waals surface area contributed by atoms with Gasteiger partial charge < -0.3 is 44.4 Å². The fourth-order valence-electron chi connectivity index (χ4n) is 10.3. The summed E-state index contributed by atoms with van der Waals surface area (Å²) < 4.78 is 21.6. The van der Waals surface area contributed by atoms with E-state index in [1.54, 1.807) is 7.11 Å². The van der Waals surface area contributed by atoms with E-state index in [0.29, 0.717) is 26.2 Å². The van der Waals surface area contributed by atoms with E-state index in [1.165, 1.54) is 14.2 Å². The first kappa shape index (κ1) is 40.4. The van der Waals surface area contributed by atoms with Crippen molar-refractivity contribution in [1.29, 1.82) is 0 Å². The number of carbonyl (C=O) groups is 4. The molecule has 3 fully saturated rings. The van der Waals surface area contributed by atoms with Crippen molar-refractivity contribution in [2.24, 2.45) is 22.7 Å². The summed E-state index contributed by atoms with van der Waals surface area (Å²) in [4.78, 5) is 69.2. The summed E-state index contributed by atoms with van der Waals surface area (Å²) in [6.07, 6.45) is 4.39. The highest BCUT2D eigenvalue weighted by Crippen LogP contribution is 2.46. The van der Waals surface area contributed by atoms with Gasteiger partial charge in [0.15, 0.2) is 0 Å². The van der Waals surface area contributed by atoms with Crippen LogP contribution in [0, 0.1) is 17.8 Å². The monoisotopic (exact) mass is 831 g/mol. The molecule has 15 nitrogen and oxygen atoms in total. The van der Waals surface area contributed by atoms with Crippen LogP contribution in [0.4, 0.5) is 15.3 Å². The van der Waals surface area contributed by atoms with Crippen molar-refractivity contribution in [3.05, 3.63) is 65.6 Å². The summed E-state index contributed by atoms with van der Waals surface area (Å²) >= 11 is 0. The molecule has 0 radical (unpaired) electrons. The molecule has 0 aliphatic carbocycles. The molecule has 1 unspecified atom stereocenters. The fraction of sp³-hybridized carbons (Fsp3) is 0.478. The number of aromatic amines is 1. The number of methoxy groups -OCH3 is 3. The highest BCUT2D eigenvalue weighted by molar-refractivity contribution is 6.06.